The highest BCUT2D eigenvalue weighted by molar-refractivity contribution is 6.03. The minimum absolute atomic E-state index is 0.0244. The molecule has 0 aliphatic rings. The molecule has 0 saturated carbocycles. The summed E-state index contributed by atoms with van der Waals surface area (Å²) in [6.45, 7) is 1.89. The van der Waals surface area contributed by atoms with Crippen LogP contribution in [0, 0.1) is 0 Å². The second-order valence-electron chi connectivity index (χ2n) is 5.73. The standard InChI is InChI=1S/C18H15F3N4O2/c1-12(13-6-3-2-4-7-13)25-11-16(27-24-25)23-17(26)22-15-9-5-8-14(10-15)18(19,20)21/h2-12H,1H3,(H-,22,23,24,26). The molecule has 0 aliphatic carbocycles. The molecule has 1 unspecified atom stereocenters. The van der Waals surface area contributed by atoms with Gasteiger partial charge < -0.3 is 15.2 Å². The van der Waals surface area contributed by atoms with Gasteiger partial charge in [-0.3, -0.25) is 4.79 Å². The number of rotatable bonds is 4. The minimum atomic E-state index is -4.50. The summed E-state index contributed by atoms with van der Waals surface area (Å²) in [7, 11) is 0. The van der Waals surface area contributed by atoms with Gasteiger partial charge in [0.25, 0.3) is 0 Å². The topological polar surface area (TPSA) is 73.1 Å². The third-order valence-electron chi connectivity index (χ3n) is 3.80. The zero-order valence-electron chi connectivity index (χ0n) is 14.1. The highest BCUT2D eigenvalue weighted by atomic mass is 19.4. The number of carbonyl (C=O) groups excluding carboxylic acids is 1. The average molecular weight is 376 g/mol. The van der Waals surface area contributed by atoms with Crippen molar-refractivity contribution in [1.82, 2.24) is 5.27 Å². The Kier molecular flexibility index (Phi) is 5.11. The van der Waals surface area contributed by atoms with Crippen molar-refractivity contribution in [3.8, 4) is 0 Å². The van der Waals surface area contributed by atoms with Crippen LogP contribution in [0.5, 0.6) is 0 Å². The average Bonchev–Trinajstić information content (AvgIpc) is 3.09. The smallest absolute Gasteiger partial charge is 0.416 e. The summed E-state index contributed by atoms with van der Waals surface area (Å²) in [5.41, 5.74) is 0.0916. The third kappa shape index (κ3) is 4.63. The first kappa shape index (κ1) is 18.4. The van der Waals surface area contributed by atoms with Crippen molar-refractivity contribution in [1.29, 1.82) is 0 Å². The number of anilines is 1. The monoisotopic (exact) mass is 376 g/mol. The van der Waals surface area contributed by atoms with Gasteiger partial charge in [0, 0.05) is 12.5 Å². The molecule has 2 aromatic carbocycles. The number of benzene rings is 2. The Morgan fingerprint density at radius 2 is 1.93 bits per heavy atom. The molecule has 3 rings (SSSR count). The second kappa shape index (κ2) is 7.48. The maximum Gasteiger partial charge on any atom is 0.416 e. The lowest BCUT2D eigenvalue weighted by atomic mass is 10.1. The van der Waals surface area contributed by atoms with Crippen molar-refractivity contribution in [3.05, 3.63) is 77.2 Å². The predicted molar refractivity (Wildman–Crippen MR) is 90.4 cm³/mol. The number of halogens is 3. The molecule has 1 heterocycles. The van der Waals surface area contributed by atoms with Gasteiger partial charge in [-0.25, -0.2) is 0 Å². The van der Waals surface area contributed by atoms with Crippen LogP contribution in [0.4, 0.5) is 29.5 Å². The Labute approximate surface area is 152 Å². The fraction of sp³-hybridized carbons (Fsp3) is 0.167. The van der Waals surface area contributed by atoms with Crippen LogP contribution in [0.3, 0.4) is 0 Å². The van der Waals surface area contributed by atoms with Gasteiger partial charge in [-0.1, -0.05) is 48.5 Å². The van der Waals surface area contributed by atoms with E-state index in [0.717, 1.165) is 17.7 Å². The van der Waals surface area contributed by atoms with Crippen LogP contribution < -0.4 is 10.00 Å². The van der Waals surface area contributed by atoms with E-state index in [1.54, 1.807) is 0 Å². The molecule has 1 atom stereocenters. The van der Waals surface area contributed by atoms with Crippen molar-refractivity contribution < 1.29 is 27.2 Å². The fourth-order valence-electron chi connectivity index (χ4n) is 2.39. The molecule has 9 heteroatoms. The number of hydrogen-bond acceptors (Lipinski definition) is 3. The van der Waals surface area contributed by atoms with Crippen molar-refractivity contribution in [3.63, 3.8) is 0 Å². The van der Waals surface area contributed by atoms with Crippen LogP contribution in [-0.4, -0.2) is 11.3 Å². The molecule has 3 aromatic rings. The number of urea groups is 1. The Balaban J connectivity index is 1.65. The molecule has 27 heavy (non-hydrogen) atoms. The van der Waals surface area contributed by atoms with E-state index in [9.17, 15) is 18.0 Å². The van der Waals surface area contributed by atoms with Gasteiger partial charge >= 0.3 is 6.18 Å². The van der Waals surface area contributed by atoms with E-state index in [4.69, 9.17) is 4.52 Å². The first-order chi connectivity index (χ1) is 12.8. The molecule has 2 amide bonds. The van der Waals surface area contributed by atoms with Gasteiger partial charge in [-0.05, 0) is 16.4 Å². The summed E-state index contributed by atoms with van der Waals surface area (Å²) >= 11 is 0. The van der Waals surface area contributed by atoms with Gasteiger partial charge in [0.1, 0.15) is 0 Å². The molecule has 0 aliphatic heterocycles. The highest BCUT2D eigenvalue weighted by Gasteiger charge is 2.30. The Morgan fingerprint density at radius 1 is 1.19 bits per heavy atom. The first-order valence-electron chi connectivity index (χ1n) is 7.96. The van der Waals surface area contributed by atoms with Crippen LogP contribution in [-0.2, 0) is 6.18 Å². The zero-order chi connectivity index (χ0) is 19.4. The lowest BCUT2D eigenvalue weighted by Gasteiger charge is -2.15. The summed E-state index contributed by atoms with van der Waals surface area (Å²) in [6.07, 6.45) is -3.06. The van der Waals surface area contributed by atoms with E-state index in [0.29, 0.717) is 0 Å². The van der Waals surface area contributed by atoms with E-state index < -0.39 is 17.8 Å². The van der Waals surface area contributed by atoms with Crippen molar-refractivity contribution in [2.45, 2.75) is 19.1 Å². The number of carbonyl (C=O) groups is 1. The van der Waals surface area contributed by atoms with E-state index in [1.165, 1.54) is 23.0 Å². The maximum absolute atomic E-state index is 12.7. The number of amides is 2. The van der Waals surface area contributed by atoms with Gasteiger partial charge in [0.2, 0.25) is 18.1 Å². The van der Waals surface area contributed by atoms with Crippen molar-refractivity contribution in [2.75, 3.05) is 5.32 Å². The molecule has 0 saturated heterocycles. The highest BCUT2D eigenvalue weighted by Crippen LogP contribution is 2.31. The van der Waals surface area contributed by atoms with E-state index in [1.807, 2.05) is 37.3 Å². The van der Waals surface area contributed by atoms with Crippen LogP contribution in [0.25, 0.3) is 5.32 Å². The van der Waals surface area contributed by atoms with E-state index in [2.05, 4.69) is 15.9 Å². The number of nitrogens with one attached hydrogen (secondary N) is 1. The summed E-state index contributed by atoms with van der Waals surface area (Å²) in [5, 5.41) is 9.75. The van der Waals surface area contributed by atoms with Gasteiger partial charge in [-0.15, -0.1) is 0 Å². The SMILES string of the molecule is CC(c1ccccc1)[n+]1cc([N-]C(=O)Nc2cccc(C(F)(F)F)c2)on1. The quantitative estimate of drug-likeness (QED) is 0.663. The lowest BCUT2D eigenvalue weighted by Crippen LogP contribution is -2.39. The van der Waals surface area contributed by atoms with Gasteiger partial charge in [0.15, 0.2) is 11.3 Å². The Bertz CT molecular complexity index is 926. The molecule has 1 N–H and O–H groups in total. The second-order valence-corrected chi connectivity index (χ2v) is 5.73. The molecule has 0 bridgehead atoms. The van der Waals surface area contributed by atoms with Crippen molar-refractivity contribution >= 4 is 17.6 Å². The third-order valence-corrected chi connectivity index (χ3v) is 3.80. The molecule has 0 radical (unpaired) electrons. The molecule has 140 valence electrons. The number of hydrogen-bond donors (Lipinski definition) is 1. The van der Waals surface area contributed by atoms with Crippen LogP contribution >= 0.6 is 0 Å². The summed E-state index contributed by atoms with van der Waals surface area (Å²) in [5.74, 6) is -0.0674. The largest absolute Gasteiger partial charge is 0.424 e. The first-order valence-corrected chi connectivity index (χ1v) is 7.96. The Hall–Kier alpha value is -3.36. The normalized spacial score (nSPS) is 12.4. The minimum Gasteiger partial charge on any atom is -0.424 e. The maximum atomic E-state index is 12.7. The van der Waals surface area contributed by atoms with Gasteiger partial charge in [0.05, 0.1) is 5.56 Å². The van der Waals surface area contributed by atoms with Crippen LogP contribution in [0.2, 0.25) is 0 Å². The molecular formula is C18H15F3N4O2. The molecular weight excluding hydrogens is 361 g/mol. The van der Waals surface area contributed by atoms with Crippen LogP contribution in [0.1, 0.15) is 24.1 Å². The number of aromatic nitrogens is 2. The zero-order valence-corrected chi connectivity index (χ0v) is 14.1. The van der Waals surface area contributed by atoms with Crippen LogP contribution in [0.15, 0.2) is 65.3 Å². The number of nitrogens with zero attached hydrogens (tertiary/aromatic N) is 3. The van der Waals surface area contributed by atoms with Gasteiger partial charge in [-0.2, -0.15) is 13.2 Å². The summed E-state index contributed by atoms with van der Waals surface area (Å²) < 4.78 is 44.6. The molecule has 0 spiro atoms. The van der Waals surface area contributed by atoms with Crippen molar-refractivity contribution in [2.24, 2.45) is 0 Å². The fourth-order valence-corrected chi connectivity index (χ4v) is 2.39. The Morgan fingerprint density at radius 3 is 2.63 bits per heavy atom. The predicted octanol–water partition coefficient (Wildman–Crippen LogP) is 4.83. The summed E-state index contributed by atoms with van der Waals surface area (Å²) in [4.78, 5) is 11.9. The van der Waals surface area contributed by atoms with E-state index in [-0.39, 0.29) is 17.6 Å². The van der Waals surface area contributed by atoms with E-state index >= 15 is 0 Å². The number of alkyl halides is 3. The lowest BCUT2D eigenvalue weighted by molar-refractivity contribution is -0.774. The molecule has 6 nitrogen and oxygen atoms in total. The summed E-state index contributed by atoms with van der Waals surface area (Å²) in [6, 6.07) is 12.8. The molecule has 0 fully saturated rings. The molecule has 1 aromatic heterocycles.